The van der Waals surface area contributed by atoms with Crippen molar-refractivity contribution in [2.75, 3.05) is 6.61 Å². The highest BCUT2D eigenvalue weighted by molar-refractivity contribution is 6.32. The molecule has 1 unspecified atom stereocenters. The fraction of sp³-hybridized carbons (Fsp3) is 0.286. The quantitative estimate of drug-likeness (QED) is 0.903. The third kappa shape index (κ3) is 3.22. The molecule has 100 valence electrons. The second kappa shape index (κ2) is 5.99. The minimum absolute atomic E-state index is 0.0377. The maximum atomic E-state index is 12.2. The molecule has 1 aromatic carbocycles. The van der Waals surface area contributed by atoms with Gasteiger partial charge in [0.15, 0.2) is 0 Å². The van der Waals surface area contributed by atoms with E-state index in [1.54, 1.807) is 24.4 Å². The average molecular weight is 279 g/mol. The lowest BCUT2D eigenvalue weighted by atomic mass is 10.1. The Bertz CT molecular complexity index is 601. The van der Waals surface area contributed by atoms with Gasteiger partial charge in [-0.05, 0) is 31.5 Å². The van der Waals surface area contributed by atoms with Crippen LogP contribution in [0.5, 0.6) is 0 Å². The molecule has 0 radical (unpaired) electrons. The Labute approximate surface area is 116 Å². The zero-order valence-corrected chi connectivity index (χ0v) is 11.3. The minimum atomic E-state index is -0.229. The molecule has 0 saturated carbocycles. The Kier molecular flexibility index (Phi) is 4.35. The number of halogens is 1. The summed E-state index contributed by atoms with van der Waals surface area (Å²) in [6.07, 6.45) is 2.15. The highest BCUT2D eigenvalue weighted by atomic mass is 35.5. The van der Waals surface area contributed by atoms with Gasteiger partial charge in [0.05, 0.1) is 11.1 Å². The van der Waals surface area contributed by atoms with Crippen LogP contribution in [-0.4, -0.2) is 28.6 Å². The number of fused-ring (bicyclic) bond motifs is 1. The normalized spacial score (nSPS) is 12.4. The summed E-state index contributed by atoms with van der Waals surface area (Å²) in [5.74, 6) is -0.229. The molecule has 2 aromatic rings. The summed E-state index contributed by atoms with van der Waals surface area (Å²) in [5.41, 5.74) is 1.08. The van der Waals surface area contributed by atoms with Gasteiger partial charge in [-0.15, -0.1) is 0 Å². The standard InChI is InChI=1S/C14H15ClN2O2/c1-9(4-6-18)17-14(19)12-8-11(15)7-10-3-2-5-16-13(10)12/h2-3,5,7-9,18H,4,6H2,1H3,(H,17,19). The first-order valence-corrected chi connectivity index (χ1v) is 6.45. The fourth-order valence-corrected chi connectivity index (χ4v) is 2.12. The third-order valence-electron chi connectivity index (χ3n) is 2.85. The van der Waals surface area contributed by atoms with Crippen LogP contribution in [0.2, 0.25) is 5.02 Å². The van der Waals surface area contributed by atoms with Crippen LogP contribution in [-0.2, 0) is 0 Å². The number of carbonyl (C=O) groups excluding carboxylic acids is 1. The van der Waals surface area contributed by atoms with Crippen LogP contribution in [0.1, 0.15) is 23.7 Å². The van der Waals surface area contributed by atoms with Gasteiger partial charge in [0, 0.05) is 29.3 Å². The SMILES string of the molecule is CC(CCO)NC(=O)c1cc(Cl)cc2cccnc12. The van der Waals surface area contributed by atoms with Crippen LogP contribution in [0, 0.1) is 0 Å². The van der Waals surface area contributed by atoms with E-state index in [1.807, 2.05) is 13.0 Å². The monoisotopic (exact) mass is 278 g/mol. The summed E-state index contributed by atoms with van der Waals surface area (Å²) in [6, 6.07) is 6.95. The van der Waals surface area contributed by atoms with Crippen molar-refractivity contribution in [1.29, 1.82) is 0 Å². The summed E-state index contributed by atoms with van der Waals surface area (Å²) < 4.78 is 0. The molecular weight excluding hydrogens is 264 g/mol. The number of benzene rings is 1. The predicted octanol–water partition coefficient (Wildman–Crippen LogP) is 2.39. The van der Waals surface area contributed by atoms with Crippen molar-refractivity contribution < 1.29 is 9.90 Å². The van der Waals surface area contributed by atoms with Crippen LogP contribution >= 0.6 is 11.6 Å². The molecule has 0 aliphatic rings. The van der Waals surface area contributed by atoms with Gasteiger partial charge in [0.1, 0.15) is 0 Å². The molecule has 1 atom stereocenters. The van der Waals surface area contributed by atoms with Gasteiger partial charge in [-0.3, -0.25) is 9.78 Å². The molecule has 2 N–H and O–H groups in total. The Morgan fingerprint density at radius 3 is 3.05 bits per heavy atom. The molecule has 1 heterocycles. The molecule has 0 bridgehead atoms. The summed E-state index contributed by atoms with van der Waals surface area (Å²) >= 11 is 6.02. The number of aromatic nitrogens is 1. The summed E-state index contributed by atoms with van der Waals surface area (Å²) in [5, 5.41) is 13.0. The van der Waals surface area contributed by atoms with E-state index in [-0.39, 0.29) is 18.6 Å². The van der Waals surface area contributed by atoms with Crippen molar-refractivity contribution in [2.24, 2.45) is 0 Å². The lowest BCUT2D eigenvalue weighted by molar-refractivity contribution is 0.0936. The molecule has 19 heavy (non-hydrogen) atoms. The molecule has 0 aliphatic heterocycles. The number of carbonyl (C=O) groups is 1. The van der Waals surface area contributed by atoms with Crippen molar-refractivity contribution in [1.82, 2.24) is 10.3 Å². The van der Waals surface area contributed by atoms with Crippen molar-refractivity contribution in [3.05, 3.63) is 41.0 Å². The van der Waals surface area contributed by atoms with E-state index in [0.717, 1.165) is 5.39 Å². The van der Waals surface area contributed by atoms with Gasteiger partial charge in [0.25, 0.3) is 5.91 Å². The fourth-order valence-electron chi connectivity index (χ4n) is 1.90. The van der Waals surface area contributed by atoms with Crippen molar-refractivity contribution in [3.63, 3.8) is 0 Å². The molecule has 0 fully saturated rings. The molecule has 0 spiro atoms. The topological polar surface area (TPSA) is 62.2 Å². The number of nitrogens with zero attached hydrogens (tertiary/aromatic N) is 1. The van der Waals surface area contributed by atoms with Crippen molar-refractivity contribution in [2.45, 2.75) is 19.4 Å². The van der Waals surface area contributed by atoms with E-state index in [0.29, 0.717) is 22.5 Å². The van der Waals surface area contributed by atoms with E-state index in [9.17, 15) is 4.79 Å². The average Bonchev–Trinajstić information content (AvgIpc) is 2.37. The van der Waals surface area contributed by atoms with Gasteiger partial charge in [-0.1, -0.05) is 17.7 Å². The van der Waals surface area contributed by atoms with Gasteiger partial charge in [-0.25, -0.2) is 0 Å². The third-order valence-corrected chi connectivity index (χ3v) is 3.07. The second-order valence-electron chi connectivity index (χ2n) is 4.42. The van der Waals surface area contributed by atoms with E-state index in [1.165, 1.54) is 0 Å². The number of hydrogen-bond acceptors (Lipinski definition) is 3. The molecule has 5 heteroatoms. The minimum Gasteiger partial charge on any atom is -0.396 e. The second-order valence-corrected chi connectivity index (χ2v) is 4.85. The molecule has 4 nitrogen and oxygen atoms in total. The summed E-state index contributed by atoms with van der Waals surface area (Å²) in [7, 11) is 0. The lowest BCUT2D eigenvalue weighted by Gasteiger charge is -2.13. The highest BCUT2D eigenvalue weighted by Gasteiger charge is 2.14. The van der Waals surface area contributed by atoms with Crippen LogP contribution in [0.25, 0.3) is 10.9 Å². The zero-order chi connectivity index (χ0) is 13.8. The molecule has 2 rings (SSSR count). The van der Waals surface area contributed by atoms with Crippen LogP contribution in [0.15, 0.2) is 30.5 Å². The van der Waals surface area contributed by atoms with Gasteiger partial charge in [-0.2, -0.15) is 0 Å². The molecule has 0 saturated heterocycles. The first-order chi connectivity index (χ1) is 9.11. The number of rotatable bonds is 4. The number of nitrogens with one attached hydrogen (secondary N) is 1. The summed E-state index contributed by atoms with van der Waals surface area (Å²) in [6.45, 7) is 1.88. The van der Waals surface area contributed by atoms with Gasteiger partial charge < -0.3 is 10.4 Å². The highest BCUT2D eigenvalue weighted by Crippen LogP contribution is 2.22. The molecule has 1 aromatic heterocycles. The van der Waals surface area contributed by atoms with Crippen LogP contribution < -0.4 is 5.32 Å². The maximum absolute atomic E-state index is 12.2. The predicted molar refractivity (Wildman–Crippen MR) is 75.4 cm³/mol. The molecular formula is C14H15ClN2O2. The van der Waals surface area contributed by atoms with Crippen LogP contribution in [0.4, 0.5) is 0 Å². The first-order valence-electron chi connectivity index (χ1n) is 6.08. The van der Waals surface area contributed by atoms with E-state index in [4.69, 9.17) is 16.7 Å². The maximum Gasteiger partial charge on any atom is 0.253 e. The number of pyridine rings is 1. The first kappa shape index (κ1) is 13.8. The smallest absolute Gasteiger partial charge is 0.253 e. The Morgan fingerprint density at radius 1 is 1.53 bits per heavy atom. The summed E-state index contributed by atoms with van der Waals surface area (Å²) in [4.78, 5) is 16.4. The molecule has 0 aliphatic carbocycles. The van der Waals surface area contributed by atoms with Crippen molar-refractivity contribution >= 4 is 28.4 Å². The zero-order valence-electron chi connectivity index (χ0n) is 10.6. The number of aliphatic hydroxyl groups is 1. The molecule has 1 amide bonds. The largest absolute Gasteiger partial charge is 0.396 e. The van der Waals surface area contributed by atoms with E-state index in [2.05, 4.69) is 10.3 Å². The van der Waals surface area contributed by atoms with Crippen molar-refractivity contribution in [3.8, 4) is 0 Å². The van der Waals surface area contributed by atoms with E-state index >= 15 is 0 Å². The Hall–Kier alpha value is -1.65. The van der Waals surface area contributed by atoms with Gasteiger partial charge in [0.2, 0.25) is 0 Å². The van der Waals surface area contributed by atoms with Gasteiger partial charge >= 0.3 is 0 Å². The number of aliphatic hydroxyl groups excluding tert-OH is 1. The van der Waals surface area contributed by atoms with E-state index < -0.39 is 0 Å². The lowest BCUT2D eigenvalue weighted by Crippen LogP contribution is -2.33. The Balaban J connectivity index is 2.36. The number of amides is 1. The Morgan fingerprint density at radius 2 is 2.32 bits per heavy atom. The number of hydrogen-bond donors (Lipinski definition) is 2. The van der Waals surface area contributed by atoms with Crippen LogP contribution in [0.3, 0.4) is 0 Å².